The zero-order valence-electron chi connectivity index (χ0n) is 14.5. The molecule has 1 amide bonds. The van der Waals surface area contributed by atoms with Gasteiger partial charge in [0.05, 0.1) is 11.9 Å². The first-order valence-electron chi connectivity index (χ1n) is 8.31. The number of hydrogen-bond donors (Lipinski definition) is 1. The van der Waals surface area contributed by atoms with Crippen molar-refractivity contribution in [1.82, 2.24) is 24.8 Å². The van der Waals surface area contributed by atoms with Crippen molar-refractivity contribution in [3.8, 4) is 0 Å². The number of rotatable bonds is 5. The largest absolute Gasteiger partial charge is 0.375 e. The molecular formula is C17H22N6O2. The molecule has 0 spiro atoms. The lowest BCUT2D eigenvalue weighted by Crippen LogP contribution is -2.41. The molecule has 2 aromatic rings. The molecule has 1 aliphatic rings. The molecule has 132 valence electrons. The summed E-state index contributed by atoms with van der Waals surface area (Å²) in [6.07, 6.45) is 6.84. The second-order valence-corrected chi connectivity index (χ2v) is 6.05. The summed E-state index contributed by atoms with van der Waals surface area (Å²) in [5.74, 6) is 2.22. The zero-order valence-corrected chi connectivity index (χ0v) is 14.5. The molecule has 1 atom stereocenters. The standard InChI is InChI=1S/C17H22N6O2/c1-12-20-14(8-15(21-12)22-16-9-18-5-6-19-16)13-4-3-7-23(10-13)17(24)11-25-2/h5-6,8-9,13H,3-4,7,10-11H2,1-2H3,(H,19,20,21,22). The Hall–Kier alpha value is -2.61. The highest BCUT2D eigenvalue weighted by Crippen LogP contribution is 2.27. The maximum absolute atomic E-state index is 12.1. The van der Waals surface area contributed by atoms with Crippen LogP contribution in [-0.4, -0.2) is 57.5 Å². The number of anilines is 2. The Morgan fingerprint density at radius 1 is 1.36 bits per heavy atom. The van der Waals surface area contributed by atoms with Crippen molar-refractivity contribution in [3.05, 3.63) is 36.2 Å². The first-order chi connectivity index (χ1) is 12.2. The number of ether oxygens (including phenoxy) is 1. The topological polar surface area (TPSA) is 93.1 Å². The van der Waals surface area contributed by atoms with E-state index < -0.39 is 0 Å². The number of aromatic nitrogens is 4. The average Bonchev–Trinajstić information content (AvgIpc) is 2.62. The summed E-state index contributed by atoms with van der Waals surface area (Å²) in [6.45, 7) is 3.41. The third-order valence-electron chi connectivity index (χ3n) is 4.14. The van der Waals surface area contributed by atoms with Crippen molar-refractivity contribution < 1.29 is 9.53 Å². The van der Waals surface area contributed by atoms with E-state index in [-0.39, 0.29) is 18.4 Å². The van der Waals surface area contributed by atoms with E-state index in [9.17, 15) is 4.79 Å². The van der Waals surface area contributed by atoms with Crippen LogP contribution in [0.15, 0.2) is 24.7 Å². The molecule has 1 N–H and O–H groups in total. The van der Waals surface area contributed by atoms with Crippen LogP contribution in [0.4, 0.5) is 11.6 Å². The molecule has 3 rings (SSSR count). The number of carbonyl (C=O) groups excluding carboxylic acids is 1. The van der Waals surface area contributed by atoms with Crippen LogP contribution in [0.1, 0.15) is 30.3 Å². The highest BCUT2D eigenvalue weighted by molar-refractivity contribution is 5.77. The van der Waals surface area contributed by atoms with Crippen LogP contribution >= 0.6 is 0 Å². The molecule has 2 aromatic heterocycles. The number of aryl methyl sites for hydroxylation is 1. The van der Waals surface area contributed by atoms with E-state index in [1.54, 1.807) is 18.6 Å². The molecule has 3 heterocycles. The first-order valence-corrected chi connectivity index (χ1v) is 8.31. The highest BCUT2D eigenvalue weighted by Gasteiger charge is 2.26. The van der Waals surface area contributed by atoms with Crippen molar-refractivity contribution in [3.63, 3.8) is 0 Å². The molecule has 1 aliphatic heterocycles. The van der Waals surface area contributed by atoms with Crippen molar-refractivity contribution >= 4 is 17.5 Å². The fourth-order valence-electron chi connectivity index (χ4n) is 3.02. The predicted octanol–water partition coefficient (Wildman–Crippen LogP) is 1.67. The minimum Gasteiger partial charge on any atom is -0.375 e. The van der Waals surface area contributed by atoms with Gasteiger partial charge >= 0.3 is 0 Å². The molecule has 1 fully saturated rings. The van der Waals surface area contributed by atoms with Crippen molar-refractivity contribution in [2.75, 3.05) is 32.1 Å². The minimum atomic E-state index is 0.0240. The third-order valence-corrected chi connectivity index (χ3v) is 4.14. The molecule has 0 saturated carbocycles. The summed E-state index contributed by atoms with van der Waals surface area (Å²) >= 11 is 0. The average molecular weight is 342 g/mol. The molecule has 25 heavy (non-hydrogen) atoms. The number of likely N-dealkylation sites (tertiary alicyclic amines) is 1. The number of methoxy groups -OCH3 is 1. The van der Waals surface area contributed by atoms with Gasteiger partial charge in [0.1, 0.15) is 24.1 Å². The van der Waals surface area contributed by atoms with Crippen LogP contribution in [0.2, 0.25) is 0 Å². The molecule has 8 nitrogen and oxygen atoms in total. The quantitative estimate of drug-likeness (QED) is 0.883. The number of carbonyl (C=O) groups is 1. The summed E-state index contributed by atoms with van der Waals surface area (Å²) in [7, 11) is 1.54. The van der Waals surface area contributed by atoms with Gasteiger partial charge in [-0.1, -0.05) is 0 Å². The van der Waals surface area contributed by atoms with E-state index in [4.69, 9.17) is 4.74 Å². The maximum Gasteiger partial charge on any atom is 0.248 e. The van der Waals surface area contributed by atoms with Crippen LogP contribution in [0, 0.1) is 6.92 Å². The van der Waals surface area contributed by atoms with Gasteiger partial charge in [-0.3, -0.25) is 9.78 Å². The molecule has 8 heteroatoms. The predicted molar refractivity (Wildman–Crippen MR) is 92.5 cm³/mol. The molecular weight excluding hydrogens is 320 g/mol. The number of nitrogens with zero attached hydrogens (tertiary/aromatic N) is 5. The highest BCUT2D eigenvalue weighted by atomic mass is 16.5. The fraction of sp³-hybridized carbons (Fsp3) is 0.471. The molecule has 0 aromatic carbocycles. The Balaban J connectivity index is 1.76. The number of hydrogen-bond acceptors (Lipinski definition) is 7. The van der Waals surface area contributed by atoms with E-state index in [1.807, 2.05) is 17.9 Å². The molecule has 0 radical (unpaired) electrons. The molecule has 0 bridgehead atoms. The van der Waals surface area contributed by atoms with E-state index >= 15 is 0 Å². The Labute approximate surface area is 146 Å². The number of amides is 1. The summed E-state index contributed by atoms with van der Waals surface area (Å²) in [6, 6.07) is 1.93. The van der Waals surface area contributed by atoms with Gasteiger partial charge in [-0.05, 0) is 19.8 Å². The normalized spacial score (nSPS) is 17.4. The van der Waals surface area contributed by atoms with Crippen LogP contribution in [0.3, 0.4) is 0 Å². The maximum atomic E-state index is 12.1. The SMILES string of the molecule is COCC(=O)N1CCCC(c2cc(Nc3cnccn3)nc(C)n2)C1. The smallest absolute Gasteiger partial charge is 0.248 e. The van der Waals surface area contributed by atoms with Gasteiger partial charge in [-0.25, -0.2) is 15.0 Å². The second kappa shape index (κ2) is 7.98. The van der Waals surface area contributed by atoms with Crippen LogP contribution in [0.25, 0.3) is 0 Å². The van der Waals surface area contributed by atoms with E-state index in [0.717, 1.165) is 25.1 Å². The van der Waals surface area contributed by atoms with Crippen molar-refractivity contribution in [1.29, 1.82) is 0 Å². The van der Waals surface area contributed by atoms with Crippen molar-refractivity contribution in [2.24, 2.45) is 0 Å². The molecule has 1 unspecified atom stereocenters. The lowest BCUT2D eigenvalue weighted by molar-refractivity contribution is -0.136. The summed E-state index contributed by atoms with van der Waals surface area (Å²) in [5.41, 5.74) is 0.939. The van der Waals surface area contributed by atoms with Gasteiger partial charge in [0.2, 0.25) is 5.91 Å². The Morgan fingerprint density at radius 2 is 2.24 bits per heavy atom. The van der Waals surface area contributed by atoms with Gasteiger partial charge in [0.25, 0.3) is 0 Å². The summed E-state index contributed by atoms with van der Waals surface area (Å²) < 4.78 is 4.96. The zero-order chi connectivity index (χ0) is 17.6. The van der Waals surface area contributed by atoms with E-state index in [1.165, 1.54) is 7.11 Å². The summed E-state index contributed by atoms with van der Waals surface area (Å²) in [5, 5.41) is 3.15. The monoisotopic (exact) mass is 342 g/mol. The van der Waals surface area contributed by atoms with Gasteiger partial charge in [-0.2, -0.15) is 0 Å². The Kier molecular flexibility index (Phi) is 5.49. The minimum absolute atomic E-state index is 0.0240. The summed E-state index contributed by atoms with van der Waals surface area (Å²) in [4.78, 5) is 31.2. The van der Waals surface area contributed by atoms with Crippen LogP contribution in [0.5, 0.6) is 0 Å². The number of piperidine rings is 1. The van der Waals surface area contributed by atoms with Gasteiger partial charge in [0, 0.05) is 44.6 Å². The van der Waals surface area contributed by atoms with Gasteiger partial charge in [0.15, 0.2) is 0 Å². The van der Waals surface area contributed by atoms with Crippen LogP contribution in [-0.2, 0) is 9.53 Å². The molecule has 1 saturated heterocycles. The third kappa shape index (κ3) is 4.48. The van der Waals surface area contributed by atoms with Crippen molar-refractivity contribution in [2.45, 2.75) is 25.7 Å². The lowest BCUT2D eigenvalue weighted by Gasteiger charge is -2.32. The Morgan fingerprint density at radius 3 is 3.00 bits per heavy atom. The van der Waals surface area contributed by atoms with E-state index in [2.05, 4.69) is 25.3 Å². The van der Waals surface area contributed by atoms with Gasteiger partial charge in [-0.15, -0.1) is 0 Å². The molecule has 0 aliphatic carbocycles. The van der Waals surface area contributed by atoms with Gasteiger partial charge < -0.3 is 15.0 Å². The van der Waals surface area contributed by atoms with Crippen LogP contribution < -0.4 is 5.32 Å². The number of nitrogens with one attached hydrogen (secondary N) is 1. The fourth-order valence-corrected chi connectivity index (χ4v) is 3.02. The first kappa shape index (κ1) is 17.2. The van der Waals surface area contributed by atoms with E-state index in [0.29, 0.717) is 24.0 Å². The second-order valence-electron chi connectivity index (χ2n) is 6.05. The lowest BCUT2D eigenvalue weighted by atomic mass is 9.94. The Bertz CT molecular complexity index is 724.